The molecule has 1 unspecified atom stereocenters. The minimum Gasteiger partial charge on any atom is -0.478 e. The van der Waals surface area contributed by atoms with E-state index >= 15 is 0 Å². The number of nitrogens with one attached hydrogen (secondary N) is 1. The van der Waals surface area contributed by atoms with Crippen LogP contribution in [0.5, 0.6) is 0 Å². The molecule has 0 saturated carbocycles. The van der Waals surface area contributed by atoms with E-state index in [0.717, 1.165) is 5.17 Å². The van der Waals surface area contributed by atoms with Crippen molar-refractivity contribution in [2.45, 2.75) is 6.04 Å². The van der Waals surface area contributed by atoms with Gasteiger partial charge in [0.2, 0.25) is 6.04 Å². The number of nitrogens with zero attached hydrogens (tertiary/aromatic N) is 1. The molecule has 6 heteroatoms. The molecule has 0 amide bonds. The number of carboxylic acids is 1. The van der Waals surface area contributed by atoms with Crippen LogP contribution < -0.4 is 5.32 Å². The number of aliphatic hydroxyl groups excluding tert-OH is 1. The zero-order chi connectivity index (χ0) is 9.42. The lowest BCUT2D eigenvalue weighted by Crippen LogP contribution is -2.39. The highest BCUT2D eigenvalue weighted by molar-refractivity contribution is 8.13. The fraction of sp³-hybridized carbons (Fsp3) is 0.429. The molecule has 0 bridgehead atoms. The van der Waals surface area contributed by atoms with Gasteiger partial charge in [0.15, 0.2) is 0 Å². The maximum absolute atomic E-state index is 10.8. The van der Waals surface area contributed by atoms with Gasteiger partial charge >= 0.3 is 11.1 Å². The summed E-state index contributed by atoms with van der Waals surface area (Å²) in [4.78, 5) is 10.8. The zero-order valence-electron chi connectivity index (χ0n) is 6.73. The van der Waals surface area contributed by atoms with Gasteiger partial charge in [-0.1, -0.05) is 0 Å². The van der Waals surface area contributed by atoms with Gasteiger partial charge in [0.05, 0.1) is 5.75 Å². The number of carboxylic acid groups (broad SMARTS) is 1. The maximum atomic E-state index is 10.8. The molecule has 3 N–H and O–H groups in total. The van der Waals surface area contributed by atoms with E-state index in [1.807, 2.05) is 0 Å². The predicted molar refractivity (Wildman–Crippen MR) is 47.9 cm³/mol. The summed E-state index contributed by atoms with van der Waals surface area (Å²) in [6.07, 6.45) is 1.56. The fourth-order valence-electron chi connectivity index (χ4n) is 1.34. The molecule has 0 aromatic heterocycles. The quantitative estimate of drug-likeness (QED) is 0.501. The number of aliphatic carboxylic acids is 1. The molecular formula is C7H9N2O3S+. The standard InChI is InChI=1S/C7H8N2O3S/c10-5-1-2-9-4(6(11)12)3-13-7(9)8-5/h1,4H,2-3H2,(H2,10,11,12)/p+1. The second kappa shape index (κ2) is 2.95. The van der Waals surface area contributed by atoms with Gasteiger partial charge in [-0.05, 0) is 11.8 Å². The number of hydrogen-bond acceptors (Lipinski definition) is 4. The summed E-state index contributed by atoms with van der Waals surface area (Å²) < 4.78 is 1.73. The van der Waals surface area contributed by atoms with Gasteiger partial charge in [-0.15, -0.1) is 0 Å². The summed E-state index contributed by atoms with van der Waals surface area (Å²) in [5.41, 5.74) is 0. The SMILES string of the molecule is O=C(O)C1CSC2=[N+]1CC=C(O)N2. The summed E-state index contributed by atoms with van der Waals surface area (Å²) in [5.74, 6) is -0.192. The number of hydrogen-bond donors (Lipinski definition) is 3. The minimum atomic E-state index is -0.820. The molecule has 2 heterocycles. The lowest BCUT2D eigenvalue weighted by molar-refractivity contribution is -0.538. The first kappa shape index (κ1) is 8.43. The largest absolute Gasteiger partial charge is 0.478 e. The lowest BCUT2D eigenvalue weighted by atomic mass is 10.3. The third-order valence-electron chi connectivity index (χ3n) is 2.02. The van der Waals surface area contributed by atoms with Crippen LogP contribution in [0.2, 0.25) is 0 Å². The summed E-state index contributed by atoms with van der Waals surface area (Å²) in [6, 6.07) is -0.475. The van der Waals surface area contributed by atoms with Crippen LogP contribution in [0.15, 0.2) is 12.0 Å². The fourth-order valence-corrected chi connectivity index (χ4v) is 2.52. The van der Waals surface area contributed by atoms with Crippen molar-refractivity contribution in [2.24, 2.45) is 0 Å². The second-order valence-electron chi connectivity index (χ2n) is 2.84. The Morgan fingerprint density at radius 2 is 2.54 bits per heavy atom. The molecule has 0 aromatic carbocycles. The van der Waals surface area contributed by atoms with Crippen molar-refractivity contribution in [3.8, 4) is 0 Å². The van der Waals surface area contributed by atoms with Crippen LogP contribution in [-0.4, -0.2) is 44.3 Å². The normalized spacial score (nSPS) is 26.5. The monoisotopic (exact) mass is 201 g/mol. The van der Waals surface area contributed by atoms with Gasteiger partial charge in [-0.2, -0.15) is 0 Å². The Morgan fingerprint density at radius 3 is 3.23 bits per heavy atom. The Balaban J connectivity index is 2.21. The van der Waals surface area contributed by atoms with Crippen molar-refractivity contribution in [3.63, 3.8) is 0 Å². The number of carbonyl (C=O) groups is 1. The van der Waals surface area contributed by atoms with Crippen LogP contribution >= 0.6 is 11.8 Å². The number of rotatable bonds is 1. The molecule has 13 heavy (non-hydrogen) atoms. The Hall–Kier alpha value is -1.17. The summed E-state index contributed by atoms with van der Waals surface area (Å²) in [7, 11) is 0. The highest BCUT2D eigenvalue weighted by Crippen LogP contribution is 2.19. The highest BCUT2D eigenvalue weighted by Gasteiger charge is 2.38. The molecule has 0 aromatic rings. The molecule has 1 atom stereocenters. The number of amidine groups is 1. The van der Waals surface area contributed by atoms with Crippen molar-refractivity contribution in [3.05, 3.63) is 12.0 Å². The van der Waals surface area contributed by atoms with Crippen molar-refractivity contribution < 1.29 is 19.6 Å². The van der Waals surface area contributed by atoms with Crippen LogP contribution in [0.3, 0.4) is 0 Å². The molecule has 0 saturated heterocycles. The molecule has 2 aliphatic heterocycles. The van der Waals surface area contributed by atoms with E-state index in [1.165, 1.54) is 11.8 Å². The number of aliphatic hydroxyl groups is 1. The van der Waals surface area contributed by atoms with Crippen molar-refractivity contribution >= 4 is 22.9 Å². The number of thioether (sulfide) groups is 1. The van der Waals surface area contributed by atoms with Gasteiger partial charge < -0.3 is 10.2 Å². The molecule has 0 aliphatic carbocycles. The van der Waals surface area contributed by atoms with Crippen molar-refractivity contribution in [2.75, 3.05) is 12.3 Å². The molecule has 0 radical (unpaired) electrons. The van der Waals surface area contributed by atoms with Crippen LogP contribution in [0, 0.1) is 0 Å². The first-order valence-corrected chi connectivity index (χ1v) is 4.82. The summed E-state index contributed by atoms with van der Waals surface area (Å²) >= 11 is 1.42. The summed E-state index contributed by atoms with van der Waals surface area (Å²) in [5, 5.41) is 21.4. The van der Waals surface area contributed by atoms with E-state index in [2.05, 4.69) is 5.32 Å². The first-order valence-electron chi connectivity index (χ1n) is 3.84. The smallest absolute Gasteiger partial charge is 0.349 e. The molecule has 5 nitrogen and oxygen atoms in total. The average Bonchev–Trinajstić information content (AvgIpc) is 2.46. The van der Waals surface area contributed by atoms with Gasteiger partial charge in [0.1, 0.15) is 6.54 Å². The van der Waals surface area contributed by atoms with Crippen LogP contribution in [0.1, 0.15) is 0 Å². The van der Waals surface area contributed by atoms with Crippen LogP contribution in [0.4, 0.5) is 0 Å². The molecular weight excluding hydrogens is 192 g/mol. The van der Waals surface area contributed by atoms with E-state index in [0.29, 0.717) is 12.3 Å². The second-order valence-corrected chi connectivity index (χ2v) is 3.85. The Morgan fingerprint density at radius 1 is 1.77 bits per heavy atom. The molecule has 0 fully saturated rings. The summed E-state index contributed by atoms with van der Waals surface area (Å²) in [6.45, 7) is 0.456. The van der Waals surface area contributed by atoms with E-state index in [4.69, 9.17) is 10.2 Å². The average molecular weight is 201 g/mol. The van der Waals surface area contributed by atoms with Gasteiger partial charge in [-0.25, -0.2) is 14.7 Å². The van der Waals surface area contributed by atoms with Gasteiger partial charge in [-0.3, -0.25) is 0 Å². The predicted octanol–water partition coefficient (Wildman–Crippen LogP) is -0.442. The Labute approximate surface area is 78.8 Å². The third kappa shape index (κ3) is 1.37. The van der Waals surface area contributed by atoms with Gasteiger partial charge in [0.25, 0.3) is 5.88 Å². The van der Waals surface area contributed by atoms with Crippen molar-refractivity contribution in [1.82, 2.24) is 5.32 Å². The van der Waals surface area contributed by atoms with E-state index < -0.39 is 12.0 Å². The maximum Gasteiger partial charge on any atom is 0.349 e. The van der Waals surface area contributed by atoms with Crippen LogP contribution in [-0.2, 0) is 4.79 Å². The van der Waals surface area contributed by atoms with Gasteiger partial charge in [0, 0.05) is 6.08 Å². The third-order valence-corrected chi connectivity index (χ3v) is 3.11. The van der Waals surface area contributed by atoms with E-state index in [-0.39, 0.29) is 5.88 Å². The van der Waals surface area contributed by atoms with Crippen molar-refractivity contribution in [1.29, 1.82) is 0 Å². The van der Waals surface area contributed by atoms with Crippen LogP contribution in [0.25, 0.3) is 0 Å². The molecule has 70 valence electrons. The van der Waals surface area contributed by atoms with E-state index in [9.17, 15) is 4.79 Å². The molecule has 0 spiro atoms. The Bertz CT molecular complexity index is 324. The molecule has 2 aliphatic rings. The Kier molecular flexibility index (Phi) is 1.91. The highest BCUT2D eigenvalue weighted by atomic mass is 32.2. The lowest BCUT2D eigenvalue weighted by Gasteiger charge is -2.10. The topological polar surface area (TPSA) is 72.6 Å². The molecule has 2 rings (SSSR count). The first-order chi connectivity index (χ1) is 6.18. The van der Waals surface area contributed by atoms with E-state index in [1.54, 1.807) is 10.7 Å². The zero-order valence-corrected chi connectivity index (χ0v) is 7.54. The minimum absolute atomic E-state index is 0.102.